The van der Waals surface area contributed by atoms with Crippen LogP contribution in [0.1, 0.15) is 5.69 Å². The Labute approximate surface area is 92.2 Å². The molecule has 0 spiro atoms. The van der Waals surface area contributed by atoms with Gasteiger partial charge in [0, 0.05) is 23.3 Å². The smallest absolute Gasteiger partial charge is 0.130 e. The Kier molecular flexibility index (Phi) is 3.03. The molecule has 1 aromatic rings. The van der Waals surface area contributed by atoms with Gasteiger partial charge >= 0.3 is 0 Å². The van der Waals surface area contributed by atoms with Crippen LogP contribution in [0.5, 0.6) is 0 Å². The molecule has 0 aliphatic carbocycles. The Bertz CT molecular complexity index is 304. The fourth-order valence-electron chi connectivity index (χ4n) is 1.56. The van der Waals surface area contributed by atoms with E-state index in [4.69, 9.17) is 4.74 Å². The maximum Gasteiger partial charge on any atom is 0.130 e. The standard InChI is InChI=1S/C10H13BrN2O/c1-8-6-9(11)7-10(12-8)13-2-4-14-5-3-13/h6-7H,2-5H2,1H3. The van der Waals surface area contributed by atoms with Gasteiger partial charge in [-0.15, -0.1) is 0 Å². The molecule has 0 radical (unpaired) electrons. The third-order valence-electron chi connectivity index (χ3n) is 2.24. The second kappa shape index (κ2) is 4.28. The van der Waals surface area contributed by atoms with E-state index < -0.39 is 0 Å². The number of aromatic nitrogens is 1. The highest BCUT2D eigenvalue weighted by Gasteiger charge is 2.12. The molecule has 4 heteroatoms. The van der Waals surface area contributed by atoms with Crippen LogP contribution in [0.15, 0.2) is 16.6 Å². The zero-order valence-corrected chi connectivity index (χ0v) is 9.75. The number of nitrogens with zero attached hydrogens (tertiary/aromatic N) is 2. The lowest BCUT2D eigenvalue weighted by Crippen LogP contribution is -2.36. The molecule has 0 atom stereocenters. The molecule has 0 aromatic carbocycles. The fraction of sp³-hybridized carbons (Fsp3) is 0.500. The van der Waals surface area contributed by atoms with Crippen LogP contribution in [0.4, 0.5) is 5.82 Å². The predicted molar refractivity (Wildman–Crippen MR) is 59.7 cm³/mol. The first-order valence-corrected chi connectivity index (χ1v) is 5.52. The average Bonchev–Trinajstić information content (AvgIpc) is 2.18. The summed E-state index contributed by atoms with van der Waals surface area (Å²) in [6.45, 7) is 5.47. The first-order chi connectivity index (χ1) is 6.75. The van der Waals surface area contributed by atoms with Crippen LogP contribution >= 0.6 is 15.9 Å². The summed E-state index contributed by atoms with van der Waals surface area (Å²) in [6.07, 6.45) is 0. The normalized spacial score (nSPS) is 17.1. The van der Waals surface area contributed by atoms with Crippen molar-refractivity contribution in [1.29, 1.82) is 0 Å². The van der Waals surface area contributed by atoms with Crippen LogP contribution in [-0.4, -0.2) is 31.3 Å². The van der Waals surface area contributed by atoms with E-state index in [1.54, 1.807) is 0 Å². The van der Waals surface area contributed by atoms with Gasteiger partial charge in [-0.2, -0.15) is 0 Å². The summed E-state index contributed by atoms with van der Waals surface area (Å²) < 4.78 is 6.39. The van der Waals surface area contributed by atoms with Gasteiger partial charge in [-0.25, -0.2) is 4.98 Å². The Hall–Kier alpha value is -0.610. The Morgan fingerprint density at radius 3 is 2.71 bits per heavy atom. The van der Waals surface area contributed by atoms with E-state index in [1.807, 2.05) is 13.0 Å². The minimum absolute atomic E-state index is 0.799. The summed E-state index contributed by atoms with van der Waals surface area (Å²) in [5, 5.41) is 0. The average molecular weight is 257 g/mol. The van der Waals surface area contributed by atoms with Gasteiger partial charge in [0.05, 0.1) is 13.2 Å². The first kappa shape index (κ1) is 9.93. The minimum atomic E-state index is 0.799. The maximum absolute atomic E-state index is 5.30. The van der Waals surface area contributed by atoms with Crippen LogP contribution in [0, 0.1) is 6.92 Å². The molecular formula is C10H13BrN2O. The number of pyridine rings is 1. The summed E-state index contributed by atoms with van der Waals surface area (Å²) >= 11 is 3.48. The van der Waals surface area contributed by atoms with E-state index in [1.165, 1.54) is 0 Å². The van der Waals surface area contributed by atoms with Crippen LogP contribution in [0.3, 0.4) is 0 Å². The minimum Gasteiger partial charge on any atom is -0.378 e. The summed E-state index contributed by atoms with van der Waals surface area (Å²) in [7, 11) is 0. The van der Waals surface area contributed by atoms with E-state index in [9.17, 15) is 0 Å². The summed E-state index contributed by atoms with van der Waals surface area (Å²) in [4.78, 5) is 6.75. The van der Waals surface area contributed by atoms with E-state index in [2.05, 4.69) is 31.9 Å². The van der Waals surface area contributed by atoms with Crippen molar-refractivity contribution in [2.75, 3.05) is 31.2 Å². The molecule has 1 fully saturated rings. The molecule has 2 heterocycles. The number of morpholine rings is 1. The molecule has 0 amide bonds. The third-order valence-corrected chi connectivity index (χ3v) is 2.70. The lowest BCUT2D eigenvalue weighted by atomic mass is 10.3. The SMILES string of the molecule is Cc1cc(Br)cc(N2CCOCC2)n1. The predicted octanol–water partition coefficient (Wildman–Crippen LogP) is 1.99. The van der Waals surface area contributed by atoms with E-state index >= 15 is 0 Å². The van der Waals surface area contributed by atoms with Gasteiger partial charge in [-0.1, -0.05) is 15.9 Å². The van der Waals surface area contributed by atoms with Crippen LogP contribution in [-0.2, 0) is 4.74 Å². The number of halogens is 1. The monoisotopic (exact) mass is 256 g/mol. The Morgan fingerprint density at radius 2 is 2.07 bits per heavy atom. The number of rotatable bonds is 1. The molecule has 3 nitrogen and oxygen atoms in total. The van der Waals surface area contributed by atoms with Gasteiger partial charge in [0.2, 0.25) is 0 Å². The van der Waals surface area contributed by atoms with E-state index in [-0.39, 0.29) is 0 Å². The number of hydrogen-bond acceptors (Lipinski definition) is 3. The van der Waals surface area contributed by atoms with Crippen molar-refractivity contribution in [2.24, 2.45) is 0 Å². The highest BCUT2D eigenvalue weighted by molar-refractivity contribution is 9.10. The van der Waals surface area contributed by atoms with Gasteiger partial charge in [0.15, 0.2) is 0 Å². The molecule has 14 heavy (non-hydrogen) atoms. The highest BCUT2D eigenvalue weighted by Crippen LogP contribution is 2.19. The molecule has 0 bridgehead atoms. The van der Waals surface area contributed by atoms with E-state index in [0.717, 1.165) is 42.3 Å². The Balaban J connectivity index is 2.21. The maximum atomic E-state index is 5.30. The van der Waals surface area contributed by atoms with Crippen LogP contribution in [0.25, 0.3) is 0 Å². The van der Waals surface area contributed by atoms with Crippen molar-refractivity contribution in [1.82, 2.24) is 4.98 Å². The van der Waals surface area contributed by atoms with Gasteiger partial charge in [-0.3, -0.25) is 0 Å². The van der Waals surface area contributed by atoms with Gasteiger partial charge in [-0.05, 0) is 19.1 Å². The lowest BCUT2D eigenvalue weighted by Gasteiger charge is -2.28. The number of hydrogen-bond donors (Lipinski definition) is 0. The molecule has 0 unspecified atom stereocenters. The molecule has 1 aliphatic rings. The van der Waals surface area contributed by atoms with E-state index in [0.29, 0.717) is 0 Å². The lowest BCUT2D eigenvalue weighted by molar-refractivity contribution is 0.122. The van der Waals surface area contributed by atoms with Crippen LogP contribution in [0.2, 0.25) is 0 Å². The van der Waals surface area contributed by atoms with Crippen molar-refractivity contribution in [2.45, 2.75) is 6.92 Å². The van der Waals surface area contributed by atoms with Crippen molar-refractivity contribution in [3.8, 4) is 0 Å². The first-order valence-electron chi connectivity index (χ1n) is 4.72. The van der Waals surface area contributed by atoms with Gasteiger partial charge in [0.1, 0.15) is 5.82 Å². The van der Waals surface area contributed by atoms with Crippen molar-refractivity contribution >= 4 is 21.7 Å². The zero-order valence-electron chi connectivity index (χ0n) is 8.16. The van der Waals surface area contributed by atoms with Crippen molar-refractivity contribution in [3.63, 3.8) is 0 Å². The number of anilines is 1. The third kappa shape index (κ3) is 2.25. The molecule has 76 valence electrons. The molecule has 1 aromatic heterocycles. The molecule has 1 aliphatic heterocycles. The molecule has 2 rings (SSSR count). The number of aryl methyl sites for hydroxylation is 1. The zero-order chi connectivity index (χ0) is 9.97. The van der Waals surface area contributed by atoms with Crippen LogP contribution < -0.4 is 4.90 Å². The van der Waals surface area contributed by atoms with Crippen molar-refractivity contribution < 1.29 is 4.74 Å². The second-order valence-corrected chi connectivity index (χ2v) is 4.30. The van der Waals surface area contributed by atoms with Gasteiger partial charge in [0.25, 0.3) is 0 Å². The molecular weight excluding hydrogens is 244 g/mol. The van der Waals surface area contributed by atoms with Gasteiger partial charge < -0.3 is 9.64 Å². The molecule has 1 saturated heterocycles. The fourth-order valence-corrected chi connectivity index (χ4v) is 2.10. The van der Waals surface area contributed by atoms with Crippen molar-refractivity contribution in [3.05, 3.63) is 22.3 Å². The second-order valence-electron chi connectivity index (χ2n) is 3.38. The largest absolute Gasteiger partial charge is 0.378 e. The summed E-state index contributed by atoms with van der Waals surface area (Å²) in [5.74, 6) is 1.04. The molecule has 0 N–H and O–H groups in total. The summed E-state index contributed by atoms with van der Waals surface area (Å²) in [6, 6.07) is 4.07. The summed E-state index contributed by atoms with van der Waals surface area (Å²) in [5.41, 5.74) is 1.04. The quantitative estimate of drug-likeness (QED) is 0.769. The molecule has 0 saturated carbocycles. The highest BCUT2D eigenvalue weighted by atomic mass is 79.9. The number of ether oxygens (including phenoxy) is 1. The topological polar surface area (TPSA) is 25.4 Å². The Morgan fingerprint density at radius 1 is 1.36 bits per heavy atom.